The smallest absolute Gasteiger partial charge is 0.257 e. The van der Waals surface area contributed by atoms with Crippen molar-refractivity contribution in [3.63, 3.8) is 0 Å². The van der Waals surface area contributed by atoms with Crippen LogP contribution in [0.2, 0.25) is 0 Å². The van der Waals surface area contributed by atoms with Gasteiger partial charge in [0.15, 0.2) is 5.13 Å². The van der Waals surface area contributed by atoms with Gasteiger partial charge in [0.05, 0.1) is 11.4 Å². The van der Waals surface area contributed by atoms with E-state index >= 15 is 0 Å². The number of H-pyrrole nitrogens is 1. The third kappa shape index (κ3) is 4.03. The lowest BCUT2D eigenvalue weighted by molar-refractivity contribution is 0.102. The van der Waals surface area contributed by atoms with Crippen LogP contribution in [0.5, 0.6) is 0 Å². The number of nitrogens with zero attached hydrogens (tertiary/aromatic N) is 1. The SMILES string of the molecule is CC(C)Sc1ccc(C(=O)Nc2nc(-c3ccc[nH]3)cs2)cc1. The van der Waals surface area contributed by atoms with Gasteiger partial charge in [0.1, 0.15) is 0 Å². The molecule has 1 amide bonds. The fraction of sp³-hybridized carbons (Fsp3) is 0.176. The van der Waals surface area contributed by atoms with E-state index in [1.807, 2.05) is 48.0 Å². The number of thiazole rings is 1. The van der Waals surface area contributed by atoms with Gasteiger partial charge in [0.2, 0.25) is 0 Å². The van der Waals surface area contributed by atoms with E-state index in [0.29, 0.717) is 15.9 Å². The van der Waals surface area contributed by atoms with Crippen LogP contribution < -0.4 is 5.32 Å². The Morgan fingerprint density at radius 2 is 2.04 bits per heavy atom. The molecule has 0 aliphatic heterocycles. The first-order valence-electron chi connectivity index (χ1n) is 7.29. The minimum absolute atomic E-state index is 0.140. The Balaban J connectivity index is 1.67. The number of benzene rings is 1. The number of nitrogens with one attached hydrogen (secondary N) is 2. The van der Waals surface area contributed by atoms with E-state index in [1.165, 1.54) is 16.2 Å². The highest BCUT2D eigenvalue weighted by molar-refractivity contribution is 7.99. The van der Waals surface area contributed by atoms with Gasteiger partial charge < -0.3 is 4.98 Å². The molecule has 0 aliphatic carbocycles. The molecule has 2 N–H and O–H groups in total. The molecule has 4 nitrogen and oxygen atoms in total. The number of thioether (sulfide) groups is 1. The molecule has 0 bridgehead atoms. The molecule has 0 saturated carbocycles. The first kappa shape index (κ1) is 15.8. The zero-order chi connectivity index (χ0) is 16.2. The van der Waals surface area contributed by atoms with Crippen LogP contribution >= 0.6 is 23.1 Å². The summed E-state index contributed by atoms with van der Waals surface area (Å²) < 4.78 is 0. The third-order valence-electron chi connectivity index (χ3n) is 3.09. The van der Waals surface area contributed by atoms with Gasteiger partial charge in [0.25, 0.3) is 5.91 Å². The Morgan fingerprint density at radius 1 is 1.26 bits per heavy atom. The number of hydrogen-bond donors (Lipinski definition) is 2. The molecule has 3 aromatic rings. The summed E-state index contributed by atoms with van der Waals surface area (Å²) in [5.41, 5.74) is 2.41. The summed E-state index contributed by atoms with van der Waals surface area (Å²) >= 11 is 3.19. The van der Waals surface area contributed by atoms with Gasteiger partial charge in [-0.05, 0) is 36.4 Å². The Kier molecular flexibility index (Phi) is 4.83. The second-order valence-corrected chi connectivity index (χ2v) is 7.77. The van der Waals surface area contributed by atoms with Crippen molar-refractivity contribution >= 4 is 34.1 Å². The van der Waals surface area contributed by atoms with Gasteiger partial charge in [-0.25, -0.2) is 4.98 Å². The normalized spacial score (nSPS) is 10.9. The molecule has 0 spiro atoms. The van der Waals surface area contributed by atoms with E-state index in [-0.39, 0.29) is 5.91 Å². The van der Waals surface area contributed by atoms with Crippen LogP contribution in [-0.2, 0) is 0 Å². The molecule has 2 aromatic heterocycles. The Labute approximate surface area is 143 Å². The standard InChI is InChI=1S/C17H17N3OS2/c1-11(2)23-13-7-5-12(6-8-13)16(21)20-17-19-15(10-22-17)14-4-3-9-18-14/h3-11,18H,1-2H3,(H,19,20,21). The molecule has 1 aromatic carbocycles. The number of aromatic amines is 1. The summed E-state index contributed by atoms with van der Waals surface area (Å²) in [6, 6.07) is 11.5. The molecule has 6 heteroatoms. The predicted molar refractivity (Wildman–Crippen MR) is 97.3 cm³/mol. The van der Waals surface area contributed by atoms with E-state index in [2.05, 4.69) is 29.1 Å². The topological polar surface area (TPSA) is 57.8 Å². The van der Waals surface area contributed by atoms with Gasteiger partial charge in [0, 0.05) is 27.3 Å². The van der Waals surface area contributed by atoms with Gasteiger partial charge >= 0.3 is 0 Å². The molecule has 0 atom stereocenters. The minimum atomic E-state index is -0.140. The number of hydrogen-bond acceptors (Lipinski definition) is 4. The number of rotatable bonds is 5. The monoisotopic (exact) mass is 343 g/mol. The first-order valence-corrected chi connectivity index (χ1v) is 9.05. The molecule has 0 unspecified atom stereocenters. The maximum Gasteiger partial charge on any atom is 0.257 e. The third-order valence-corrected chi connectivity index (χ3v) is 4.86. The Morgan fingerprint density at radius 3 is 2.70 bits per heavy atom. The van der Waals surface area contributed by atoms with Crippen molar-refractivity contribution in [2.75, 3.05) is 5.32 Å². The number of carbonyl (C=O) groups excluding carboxylic acids is 1. The van der Waals surface area contributed by atoms with E-state index in [4.69, 9.17) is 0 Å². The second kappa shape index (κ2) is 7.02. The summed E-state index contributed by atoms with van der Waals surface area (Å²) in [5.74, 6) is -0.140. The number of aromatic nitrogens is 2. The summed E-state index contributed by atoms with van der Waals surface area (Å²) in [6.07, 6.45) is 1.85. The molecule has 118 valence electrons. The fourth-order valence-electron chi connectivity index (χ4n) is 2.07. The largest absolute Gasteiger partial charge is 0.360 e. The fourth-order valence-corrected chi connectivity index (χ4v) is 3.61. The van der Waals surface area contributed by atoms with Crippen molar-refractivity contribution in [2.45, 2.75) is 24.0 Å². The van der Waals surface area contributed by atoms with Gasteiger partial charge in [-0.15, -0.1) is 23.1 Å². The Hall–Kier alpha value is -2.05. The maximum absolute atomic E-state index is 12.3. The van der Waals surface area contributed by atoms with Crippen molar-refractivity contribution in [1.82, 2.24) is 9.97 Å². The molecule has 0 fully saturated rings. The van der Waals surface area contributed by atoms with Crippen LogP contribution in [-0.4, -0.2) is 21.1 Å². The number of amides is 1. The average molecular weight is 343 g/mol. The van der Waals surface area contributed by atoms with Crippen molar-refractivity contribution in [2.24, 2.45) is 0 Å². The number of anilines is 1. The van der Waals surface area contributed by atoms with Crippen LogP contribution in [0.1, 0.15) is 24.2 Å². The van der Waals surface area contributed by atoms with E-state index in [1.54, 1.807) is 11.8 Å². The Bertz CT molecular complexity index is 777. The predicted octanol–water partition coefficient (Wildman–Crippen LogP) is 4.89. The van der Waals surface area contributed by atoms with Crippen molar-refractivity contribution in [3.05, 3.63) is 53.5 Å². The lowest BCUT2D eigenvalue weighted by Gasteiger charge is -2.06. The summed E-state index contributed by atoms with van der Waals surface area (Å²) in [4.78, 5) is 21.0. The molecule has 0 aliphatic rings. The van der Waals surface area contributed by atoms with Crippen LogP contribution in [0.4, 0.5) is 5.13 Å². The molecular weight excluding hydrogens is 326 g/mol. The summed E-state index contributed by atoms with van der Waals surface area (Å²) in [7, 11) is 0. The molecule has 0 saturated heterocycles. The van der Waals surface area contributed by atoms with Crippen LogP contribution in [0.3, 0.4) is 0 Å². The quantitative estimate of drug-likeness (QED) is 0.648. The van der Waals surface area contributed by atoms with Crippen LogP contribution in [0.25, 0.3) is 11.4 Å². The molecule has 0 radical (unpaired) electrons. The van der Waals surface area contributed by atoms with Gasteiger partial charge in [-0.3, -0.25) is 10.1 Å². The summed E-state index contributed by atoms with van der Waals surface area (Å²) in [5, 5.41) is 5.89. The lowest BCUT2D eigenvalue weighted by atomic mass is 10.2. The lowest BCUT2D eigenvalue weighted by Crippen LogP contribution is -2.11. The zero-order valence-electron chi connectivity index (χ0n) is 12.9. The molecule has 2 heterocycles. The highest BCUT2D eigenvalue weighted by atomic mass is 32.2. The first-order chi connectivity index (χ1) is 11.1. The van der Waals surface area contributed by atoms with Gasteiger partial charge in [-0.2, -0.15) is 0 Å². The summed E-state index contributed by atoms with van der Waals surface area (Å²) in [6.45, 7) is 4.30. The second-order valence-electron chi connectivity index (χ2n) is 5.27. The van der Waals surface area contributed by atoms with Crippen LogP contribution in [0.15, 0.2) is 52.9 Å². The number of carbonyl (C=O) groups is 1. The van der Waals surface area contributed by atoms with E-state index in [9.17, 15) is 4.79 Å². The van der Waals surface area contributed by atoms with E-state index < -0.39 is 0 Å². The van der Waals surface area contributed by atoms with Crippen molar-refractivity contribution in [1.29, 1.82) is 0 Å². The molecule has 3 rings (SSSR count). The maximum atomic E-state index is 12.3. The van der Waals surface area contributed by atoms with Gasteiger partial charge in [-0.1, -0.05) is 13.8 Å². The van der Waals surface area contributed by atoms with Crippen LogP contribution in [0, 0.1) is 0 Å². The highest BCUT2D eigenvalue weighted by Gasteiger charge is 2.10. The molecule has 23 heavy (non-hydrogen) atoms. The van der Waals surface area contributed by atoms with Crippen molar-refractivity contribution < 1.29 is 4.79 Å². The van der Waals surface area contributed by atoms with Crippen molar-refractivity contribution in [3.8, 4) is 11.4 Å². The molecular formula is C17H17N3OS2. The minimum Gasteiger partial charge on any atom is -0.360 e. The zero-order valence-corrected chi connectivity index (χ0v) is 14.5. The average Bonchev–Trinajstić information content (AvgIpc) is 3.18. The highest BCUT2D eigenvalue weighted by Crippen LogP contribution is 2.25. The van der Waals surface area contributed by atoms with E-state index in [0.717, 1.165) is 11.4 Å².